The second-order valence-electron chi connectivity index (χ2n) is 6.25. The number of carbonyl (C=O) groups is 2. The topological polar surface area (TPSA) is 91.1 Å². The molecule has 0 fully saturated rings. The van der Waals surface area contributed by atoms with E-state index < -0.39 is 24.0 Å². The number of hydroxylamine groups is 2. The Bertz CT molecular complexity index is 745. The maximum atomic E-state index is 12.5. The molecule has 8 heteroatoms. The quantitative estimate of drug-likeness (QED) is 0.466. The Morgan fingerprint density at radius 3 is 2.10 bits per heavy atom. The summed E-state index contributed by atoms with van der Waals surface area (Å²) < 4.78 is 10.7. The summed E-state index contributed by atoms with van der Waals surface area (Å²) in [4.78, 5) is 29.5. The smallest absolute Gasteiger partial charge is 0.332 e. The second-order valence-corrected chi connectivity index (χ2v) is 6.25. The molecule has 2 aromatic carbocycles. The first-order valence-corrected chi connectivity index (χ1v) is 8.93. The van der Waals surface area contributed by atoms with Crippen LogP contribution in [0.25, 0.3) is 0 Å². The van der Waals surface area contributed by atoms with Crippen molar-refractivity contribution in [1.82, 2.24) is 5.06 Å². The Morgan fingerprint density at radius 1 is 1.00 bits per heavy atom. The molecule has 2 unspecified atom stereocenters. The van der Waals surface area contributed by atoms with E-state index in [4.69, 9.17) is 20.0 Å². The Kier molecular flexibility index (Phi) is 10.9. The minimum Gasteiger partial charge on any atom is -0.459 e. The minimum atomic E-state index is -1.05. The van der Waals surface area contributed by atoms with Crippen molar-refractivity contribution in [3.8, 4) is 0 Å². The van der Waals surface area contributed by atoms with Gasteiger partial charge in [0.05, 0.1) is 7.11 Å². The third-order valence-corrected chi connectivity index (χ3v) is 4.15. The molecule has 0 aromatic heterocycles. The highest BCUT2D eigenvalue weighted by molar-refractivity contribution is 5.85. The van der Waals surface area contributed by atoms with Gasteiger partial charge in [-0.3, -0.25) is 9.63 Å². The maximum absolute atomic E-state index is 12.5. The molecule has 0 radical (unpaired) electrons. The molecule has 2 rings (SSSR count). The highest BCUT2D eigenvalue weighted by Gasteiger charge is 2.30. The third-order valence-electron chi connectivity index (χ3n) is 4.15. The number of carbonyl (C=O) groups excluding carboxylic acids is 2. The van der Waals surface area contributed by atoms with Gasteiger partial charge in [0, 0.05) is 13.1 Å². The SMILES string of the molecule is CON(C)C(=O)C(OCC(=O)OCc1ccccc1)C(N)Cc1ccccc1.Cl. The minimum absolute atomic E-state index is 0. The van der Waals surface area contributed by atoms with Gasteiger partial charge in [-0.05, 0) is 17.5 Å². The van der Waals surface area contributed by atoms with Crippen LogP contribution in [0.4, 0.5) is 0 Å². The Balaban J connectivity index is 0.00000420. The van der Waals surface area contributed by atoms with Crippen molar-refractivity contribution in [2.45, 2.75) is 25.2 Å². The summed E-state index contributed by atoms with van der Waals surface area (Å²) in [5.74, 6) is -1.05. The van der Waals surface area contributed by atoms with Crippen LogP contribution in [0.15, 0.2) is 60.7 Å². The van der Waals surface area contributed by atoms with Gasteiger partial charge in [0.2, 0.25) is 0 Å². The molecule has 2 aromatic rings. The summed E-state index contributed by atoms with van der Waals surface area (Å²) in [5.41, 5.74) is 8.04. The standard InChI is InChI=1S/C21H26N2O5.ClH/c1-23(26-2)21(25)20(18(22)13-16-9-5-3-6-10-16)28-15-19(24)27-14-17-11-7-4-8-12-17;/h3-12,18,20H,13-15,22H2,1-2H3;1H. The van der Waals surface area contributed by atoms with Crippen LogP contribution in [0.2, 0.25) is 0 Å². The third kappa shape index (κ3) is 8.21. The fourth-order valence-electron chi connectivity index (χ4n) is 2.58. The Morgan fingerprint density at radius 2 is 1.55 bits per heavy atom. The van der Waals surface area contributed by atoms with Crippen LogP contribution in [-0.2, 0) is 36.9 Å². The van der Waals surface area contributed by atoms with Gasteiger partial charge in [-0.15, -0.1) is 12.4 Å². The van der Waals surface area contributed by atoms with Crippen LogP contribution < -0.4 is 5.73 Å². The zero-order valence-electron chi connectivity index (χ0n) is 16.5. The lowest BCUT2D eigenvalue weighted by Gasteiger charge is -2.26. The van der Waals surface area contributed by atoms with E-state index >= 15 is 0 Å². The van der Waals surface area contributed by atoms with Gasteiger partial charge in [0.25, 0.3) is 5.91 Å². The highest BCUT2D eigenvalue weighted by Crippen LogP contribution is 2.10. The summed E-state index contributed by atoms with van der Waals surface area (Å²) in [6.45, 7) is -0.251. The summed E-state index contributed by atoms with van der Waals surface area (Å²) in [6.07, 6.45) is -0.636. The van der Waals surface area contributed by atoms with E-state index in [1.165, 1.54) is 14.2 Å². The van der Waals surface area contributed by atoms with Gasteiger partial charge in [-0.25, -0.2) is 9.86 Å². The molecule has 0 saturated carbocycles. The average molecular weight is 423 g/mol. The van der Waals surface area contributed by atoms with Gasteiger partial charge in [-0.1, -0.05) is 60.7 Å². The van der Waals surface area contributed by atoms with E-state index in [2.05, 4.69) is 0 Å². The maximum Gasteiger partial charge on any atom is 0.332 e. The van der Waals surface area contributed by atoms with Crippen molar-refractivity contribution < 1.29 is 23.9 Å². The van der Waals surface area contributed by atoms with E-state index in [9.17, 15) is 9.59 Å². The van der Waals surface area contributed by atoms with Gasteiger partial charge >= 0.3 is 5.97 Å². The van der Waals surface area contributed by atoms with Crippen LogP contribution in [0, 0.1) is 0 Å². The molecule has 0 saturated heterocycles. The van der Waals surface area contributed by atoms with E-state index in [1.807, 2.05) is 60.7 Å². The highest BCUT2D eigenvalue weighted by atomic mass is 35.5. The lowest BCUT2D eigenvalue weighted by Crippen LogP contribution is -2.50. The molecule has 0 aliphatic rings. The number of hydrogen-bond acceptors (Lipinski definition) is 6. The predicted molar refractivity (Wildman–Crippen MR) is 111 cm³/mol. The van der Waals surface area contributed by atoms with Crippen molar-refractivity contribution in [1.29, 1.82) is 0 Å². The van der Waals surface area contributed by atoms with Gasteiger partial charge in [0.1, 0.15) is 13.2 Å². The van der Waals surface area contributed by atoms with E-state index in [0.29, 0.717) is 6.42 Å². The first-order valence-electron chi connectivity index (χ1n) is 8.93. The number of halogens is 1. The molecule has 0 aliphatic carbocycles. The molecule has 29 heavy (non-hydrogen) atoms. The monoisotopic (exact) mass is 422 g/mol. The molecule has 1 amide bonds. The number of nitrogens with zero attached hydrogens (tertiary/aromatic N) is 1. The number of hydrogen-bond donors (Lipinski definition) is 1. The fraction of sp³-hybridized carbons (Fsp3) is 0.333. The van der Waals surface area contributed by atoms with Crippen LogP contribution in [0.3, 0.4) is 0 Å². The van der Waals surface area contributed by atoms with Crippen LogP contribution >= 0.6 is 12.4 Å². The Labute approximate surface area is 177 Å². The molecule has 0 spiro atoms. The van der Waals surface area contributed by atoms with Crippen LogP contribution in [-0.4, -0.2) is 49.8 Å². The number of nitrogens with two attached hydrogens (primary N) is 1. The molecule has 0 aliphatic heterocycles. The van der Waals surface area contributed by atoms with Crippen LogP contribution in [0.5, 0.6) is 0 Å². The molecule has 0 heterocycles. The molecule has 2 N–H and O–H groups in total. The predicted octanol–water partition coefficient (Wildman–Crippen LogP) is 2.13. The number of likely N-dealkylation sites (N-methyl/N-ethyl adjacent to an activating group) is 1. The number of amides is 1. The fourth-order valence-corrected chi connectivity index (χ4v) is 2.58. The number of rotatable bonds is 10. The normalized spacial score (nSPS) is 12.4. The van der Waals surface area contributed by atoms with Crippen molar-refractivity contribution in [2.75, 3.05) is 20.8 Å². The second kappa shape index (κ2) is 12.9. The number of esters is 1. The van der Waals surface area contributed by atoms with Crippen molar-refractivity contribution >= 4 is 24.3 Å². The summed E-state index contributed by atoms with van der Waals surface area (Å²) in [6, 6.07) is 18.1. The largest absolute Gasteiger partial charge is 0.459 e. The number of benzene rings is 2. The van der Waals surface area contributed by atoms with Crippen molar-refractivity contribution in [2.24, 2.45) is 5.73 Å². The zero-order chi connectivity index (χ0) is 20.4. The van der Waals surface area contributed by atoms with E-state index in [-0.39, 0.29) is 25.6 Å². The van der Waals surface area contributed by atoms with Gasteiger partial charge < -0.3 is 15.2 Å². The zero-order valence-corrected chi connectivity index (χ0v) is 17.3. The first-order chi connectivity index (χ1) is 13.5. The average Bonchev–Trinajstić information content (AvgIpc) is 2.73. The molecular formula is C21H27ClN2O5. The molecular weight excluding hydrogens is 396 g/mol. The number of ether oxygens (including phenoxy) is 2. The van der Waals surface area contributed by atoms with E-state index in [0.717, 1.165) is 16.2 Å². The van der Waals surface area contributed by atoms with Crippen molar-refractivity contribution in [3.63, 3.8) is 0 Å². The molecule has 7 nitrogen and oxygen atoms in total. The first kappa shape index (κ1) is 24.6. The van der Waals surface area contributed by atoms with E-state index in [1.54, 1.807) is 0 Å². The summed E-state index contributed by atoms with van der Waals surface area (Å²) in [7, 11) is 2.83. The van der Waals surface area contributed by atoms with Gasteiger partial charge in [0.15, 0.2) is 6.10 Å². The van der Waals surface area contributed by atoms with Crippen LogP contribution in [0.1, 0.15) is 11.1 Å². The Hall–Kier alpha value is -2.45. The molecule has 0 bridgehead atoms. The van der Waals surface area contributed by atoms with Crippen molar-refractivity contribution in [3.05, 3.63) is 71.8 Å². The molecule has 2 atom stereocenters. The lowest BCUT2D eigenvalue weighted by molar-refractivity contribution is -0.184. The lowest BCUT2D eigenvalue weighted by atomic mass is 10.0. The molecule has 158 valence electrons. The summed E-state index contributed by atoms with van der Waals surface area (Å²) >= 11 is 0. The van der Waals surface area contributed by atoms with Gasteiger partial charge in [-0.2, -0.15) is 0 Å². The summed E-state index contributed by atoms with van der Waals surface area (Å²) in [5, 5.41) is 1.03.